The quantitative estimate of drug-likeness (QED) is 0.501. The van der Waals surface area contributed by atoms with Crippen molar-refractivity contribution in [1.29, 1.82) is 0 Å². The molecule has 2 aromatic carbocycles. The summed E-state index contributed by atoms with van der Waals surface area (Å²) < 4.78 is 13.9. The maximum atomic E-state index is 13.7. The lowest BCUT2D eigenvalue weighted by Gasteiger charge is -2.08. The Morgan fingerprint density at radius 1 is 1.33 bits per heavy atom. The number of aromatic hydroxyl groups is 1. The Hall–Kier alpha value is -2.48. The Balaban J connectivity index is 2.39. The molecule has 6 nitrogen and oxygen atoms in total. The second-order valence-electron chi connectivity index (χ2n) is 4.01. The van der Waals surface area contributed by atoms with E-state index in [2.05, 4.69) is 21.2 Å². The molecule has 0 heterocycles. The number of nitrogens with one attached hydrogen (secondary N) is 1. The summed E-state index contributed by atoms with van der Waals surface area (Å²) in [5, 5.41) is 22.4. The number of phenols is 1. The van der Waals surface area contributed by atoms with Crippen LogP contribution in [0.15, 0.2) is 40.9 Å². The fourth-order valence-electron chi connectivity index (χ4n) is 1.68. The van der Waals surface area contributed by atoms with E-state index in [0.29, 0.717) is 0 Å². The highest BCUT2D eigenvalue weighted by molar-refractivity contribution is 9.10. The number of carbonyl (C=O) groups excluding carboxylic acids is 1. The third kappa shape index (κ3) is 3.16. The SMILES string of the molecule is O=C(Nc1ccc(O)cc1[N+](=O)[O-])c1c(F)cccc1Br. The highest BCUT2D eigenvalue weighted by Gasteiger charge is 2.20. The number of anilines is 1. The van der Waals surface area contributed by atoms with E-state index >= 15 is 0 Å². The van der Waals surface area contributed by atoms with Gasteiger partial charge in [-0.25, -0.2) is 4.39 Å². The van der Waals surface area contributed by atoms with Crippen LogP contribution >= 0.6 is 15.9 Å². The van der Waals surface area contributed by atoms with E-state index in [0.717, 1.165) is 12.1 Å². The van der Waals surface area contributed by atoms with E-state index in [1.165, 1.54) is 24.3 Å². The fourth-order valence-corrected chi connectivity index (χ4v) is 2.20. The summed E-state index contributed by atoms with van der Waals surface area (Å²) >= 11 is 3.05. The van der Waals surface area contributed by atoms with Crippen molar-refractivity contribution < 1.29 is 19.2 Å². The van der Waals surface area contributed by atoms with Gasteiger partial charge in [-0.3, -0.25) is 14.9 Å². The summed E-state index contributed by atoms with van der Waals surface area (Å²) in [6.07, 6.45) is 0. The minimum Gasteiger partial charge on any atom is -0.508 e. The third-order valence-corrected chi connectivity index (χ3v) is 3.28. The minimum absolute atomic E-state index is 0.141. The summed E-state index contributed by atoms with van der Waals surface area (Å²) in [5.41, 5.74) is -0.895. The molecule has 2 rings (SSSR count). The van der Waals surface area contributed by atoms with E-state index in [1.54, 1.807) is 0 Å². The number of phenolic OH excluding ortho intramolecular Hbond substituents is 1. The molecule has 0 unspecified atom stereocenters. The van der Waals surface area contributed by atoms with E-state index in [9.17, 15) is 24.4 Å². The van der Waals surface area contributed by atoms with Crippen molar-refractivity contribution >= 4 is 33.2 Å². The smallest absolute Gasteiger partial charge is 0.296 e. The van der Waals surface area contributed by atoms with Crippen molar-refractivity contribution in [3.05, 3.63) is 62.4 Å². The van der Waals surface area contributed by atoms with Crippen molar-refractivity contribution in [2.24, 2.45) is 0 Å². The predicted molar refractivity (Wildman–Crippen MR) is 76.8 cm³/mol. The lowest BCUT2D eigenvalue weighted by atomic mass is 10.2. The molecular weight excluding hydrogens is 347 g/mol. The van der Waals surface area contributed by atoms with Crippen LogP contribution in [-0.4, -0.2) is 15.9 Å². The number of halogens is 2. The molecular formula is C13H8BrFN2O4. The van der Waals surface area contributed by atoms with Crippen LogP contribution in [0.2, 0.25) is 0 Å². The normalized spacial score (nSPS) is 10.2. The molecule has 108 valence electrons. The maximum Gasteiger partial charge on any atom is 0.296 e. The summed E-state index contributed by atoms with van der Waals surface area (Å²) in [4.78, 5) is 22.2. The van der Waals surface area contributed by atoms with E-state index < -0.39 is 22.3 Å². The fraction of sp³-hybridized carbons (Fsp3) is 0. The van der Waals surface area contributed by atoms with E-state index in [4.69, 9.17) is 0 Å². The van der Waals surface area contributed by atoms with Crippen molar-refractivity contribution in [3.8, 4) is 5.75 Å². The molecule has 0 atom stereocenters. The molecule has 2 aromatic rings. The second kappa shape index (κ2) is 5.88. The average molecular weight is 355 g/mol. The molecule has 0 bridgehead atoms. The molecule has 1 amide bonds. The van der Waals surface area contributed by atoms with E-state index in [-0.39, 0.29) is 21.5 Å². The molecule has 0 radical (unpaired) electrons. The third-order valence-electron chi connectivity index (χ3n) is 2.62. The van der Waals surface area contributed by atoms with Gasteiger partial charge in [0.2, 0.25) is 0 Å². The minimum atomic E-state index is -0.839. The Bertz CT molecular complexity index is 716. The molecule has 0 aliphatic carbocycles. The largest absolute Gasteiger partial charge is 0.508 e. The van der Waals surface area contributed by atoms with Gasteiger partial charge in [-0.2, -0.15) is 0 Å². The number of nitro benzene ring substituents is 1. The molecule has 21 heavy (non-hydrogen) atoms. The number of hydrogen-bond acceptors (Lipinski definition) is 4. The second-order valence-corrected chi connectivity index (χ2v) is 4.86. The molecule has 2 N–H and O–H groups in total. The number of benzene rings is 2. The zero-order valence-corrected chi connectivity index (χ0v) is 11.9. The number of carbonyl (C=O) groups is 1. The zero-order valence-electron chi connectivity index (χ0n) is 10.3. The average Bonchev–Trinajstić information content (AvgIpc) is 2.40. The summed E-state index contributed by atoms with van der Waals surface area (Å²) in [6.45, 7) is 0. The number of amides is 1. The number of hydrogen-bond donors (Lipinski definition) is 2. The van der Waals surface area contributed by atoms with Gasteiger partial charge >= 0.3 is 0 Å². The van der Waals surface area contributed by atoms with Crippen molar-refractivity contribution in [2.75, 3.05) is 5.32 Å². The van der Waals surface area contributed by atoms with Crippen LogP contribution in [0, 0.1) is 15.9 Å². The molecule has 0 aliphatic rings. The first-order valence-electron chi connectivity index (χ1n) is 5.63. The Kier molecular flexibility index (Phi) is 4.18. The predicted octanol–water partition coefficient (Wildman–Crippen LogP) is 3.45. The van der Waals surface area contributed by atoms with Gasteiger partial charge < -0.3 is 10.4 Å². The molecule has 0 aromatic heterocycles. The molecule has 0 saturated heterocycles. The summed E-state index contributed by atoms with van der Waals surface area (Å²) in [5.74, 6) is -1.91. The molecule has 0 aliphatic heterocycles. The Labute approximate surface area is 126 Å². The zero-order chi connectivity index (χ0) is 15.6. The van der Waals surface area contributed by atoms with Crippen LogP contribution in [-0.2, 0) is 0 Å². The van der Waals surface area contributed by atoms with Crippen LogP contribution in [0.25, 0.3) is 0 Å². The van der Waals surface area contributed by atoms with Gasteiger partial charge in [0.1, 0.15) is 17.3 Å². The first-order chi connectivity index (χ1) is 9.90. The lowest BCUT2D eigenvalue weighted by Crippen LogP contribution is -2.15. The molecule has 0 saturated carbocycles. The molecule has 0 fully saturated rings. The van der Waals surface area contributed by atoms with Crippen molar-refractivity contribution in [2.45, 2.75) is 0 Å². The summed E-state index contributed by atoms with van der Waals surface area (Å²) in [6, 6.07) is 7.23. The standard InChI is InChI=1S/C13H8BrFN2O4/c14-8-2-1-3-9(15)12(8)13(19)16-10-5-4-7(18)6-11(10)17(20)21/h1-6,18H,(H,16,19). The maximum absolute atomic E-state index is 13.7. The van der Waals surface area contributed by atoms with Crippen molar-refractivity contribution in [1.82, 2.24) is 0 Å². The van der Waals surface area contributed by atoms with Crippen LogP contribution < -0.4 is 5.32 Å². The van der Waals surface area contributed by atoms with Gasteiger partial charge in [0, 0.05) is 4.47 Å². The van der Waals surface area contributed by atoms with Crippen molar-refractivity contribution in [3.63, 3.8) is 0 Å². The first kappa shape index (κ1) is 14.9. The summed E-state index contributed by atoms with van der Waals surface area (Å²) in [7, 11) is 0. The van der Waals surface area contributed by atoms with E-state index in [1.807, 2.05) is 0 Å². The monoisotopic (exact) mass is 354 g/mol. The van der Waals surface area contributed by atoms with Gasteiger partial charge in [0.25, 0.3) is 11.6 Å². The van der Waals surface area contributed by atoms with Crippen LogP contribution in [0.1, 0.15) is 10.4 Å². The lowest BCUT2D eigenvalue weighted by molar-refractivity contribution is -0.384. The Morgan fingerprint density at radius 2 is 2.05 bits per heavy atom. The number of nitrogens with zero attached hydrogens (tertiary/aromatic N) is 1. The highest BCUT2D eigenvalue weighted by atomic mass is 79.9. The van der Waals surface area contributed by atoms with Crippen LogP contribution in [0.4, 0.5) is 15.8 Å². The Morgan fingerprint density at radius 3 is 2.67 bits per heavy atom. The molecule has 8 heteroatoms. The van der Waals surface area contributed by atoms with Gasteiger partial charge in [0.05, 0.1) is 16.6 Å². The van der Waals surface area contributed by atoms with Gasteiger partial charge in [0.15, 0.2) is 0 Å². The number of rotatable bonds is 3. The van der Waals surface area contributed by atoms with Gasteiger partial charge in [-0.15, -0.1) is 0 Å². The number of nitro groups is 1. The van der Waals surface area contributed by atoms with Crippen LogP contribution in [0.3, 0.4) is 0 Å². The highest BCUT2D eigenvalue weighted by Crippen LogP contribution is 2.29. The van der Waals surface area contributed by atoms with Gasteiger partial charge in [-0.1, -0.05) is 6.07 Å². The van der Waals surface area contributed by atoms with Gasteiger partial charge in [-0.05, 0) is 40.2 Å². The first-order valence-corrected chi connectivity index (χ1v) is 6.42. The topological polar surface area (TPSA) is 92.5 Å². The van der Waals surface area contributed by atoms with Crippen LogP contribution in [0.5, 0.6) is 5.75 Å². The molecule has 0 spiro atoms.